The molecule has 0 rings (SSSR count). The fraction of sp³-hybridized carbons (Fsp3) is 0.667. The number of nitrogens with two attached hydrogens (primary N) is 1. The summed E-state index contributed by atoms with van der Waals surface area (Å²) in [4.78, 5) is 13.2. The molecule has 0 aromatic carbocycles. The van der Waals surface area contributed by atoms with Gasteiger partial charge in [-0.2, -0.15) is 0 Å². The highest BCUT2D eigenvalue weighted by molar-refractivity contribution is 5.89. The van der Waals surface area contributed by atoms with E-state index in [1.54, 1.807) is 6.92 Å². The molecule has 0 aliphatic carbocycles. The highest BCUT2D eigenvalue weighted by Crippen LogP contribution is 2.07. The summed E-state index contributed by atoms with van der Waals surface area (Å²) in [6.07, 6.45) is -0.585. The van der Waals surface area contributed by atoms with Crippen molar-refractivity contribution in [2.24, 2.45) is 5.73 Å². The number of ether oxygens (including phenoxy) is 1. The van der Waals surface area contributed by atoms with Crippen LogP contribution in [0.1, 0.15) is 13.8 Å². The second-order valence-corrected chi connectivity index (χ2v) is 3.28. The lowest BCUT2D eigenvalue weighted by molar-refractivity contribution is -0.143. The average molecular weight is 186 g/mol. The van der Waals surface area contributed by atoms with Crippen molar-refractivity contribution in [3.8, 4) is 0 Å². The van der Waals surface area contributed by atoms with Gasteiger partial charge in [0.1, 0.15) is 6.23 Å². The summed E-state index contributed by atoms with van der Waals surface area (Å²) in [5, 5.41) is 0. The standard InChI is InChI=1S/C9H18N2O2/c1-6(7(2)11(4)5)9(12)13-8(3)10/h7-8H,1,10H2,2-5H3. The zero-order valence-corrected chi connectivity index (χ0v) is 8.70. The van der Waals surface area contributed by atoms with Crippen LogP contribution in [0, 0.1) is 0 Å². The number of hydrogen-bond donors (Lipinski definition) is 1. The molecular formula is C9H18N2O2. The number of likely N-dealkylation sites (N-methyl/N-ethyl adjacent to an activating group) is 1. The van der Waals surface area contributed by atoms with Crippen molar-refractivity contribution in [2.45, 2.75) is 26.1 Å². The fourth-order valence-electron chi connectivity index (χ4n) is 0.727. The molecule has 0 heterocycles. The Kier molecular flexibility index (Phi) is 4.66. The molecule has 0 aliphatic rings. The van der Waals surface area contributed by atoms with Crippen molar-refractivity contribution in [1.29, 1.82) is 0 Å². The van der Waals surface area contributed by atoms with E-state index in [4.69, 9.17) is 10.5 Å². The Labute approximate surface area is 79.3 Å². The number of rotatable bonds is 4. The molecule has 0 saturated carbocycles. The van der Waals surface area contributed by atoms with Gasteiger partial charge in [0.25, 0.3) is 0 Å². The molecule has 2 unspecified atom stereocenters. The lowest BCUT2D eigenvalue weighted by Gasteiger charge is -2.21. The fourth-order valence-corrected chi connectivity index (χ4v) is 0.727. The van der Waals surface area contributed by atoms with Crippen LogP contribution in [0.3, 0.4) is 0 Å². The maximum absolute atomic E-state index is 11.3. The van der Waals surface area contributed by atoms with E-state index in [1.807, 2.05) is 25.9 Å². The van der Waals surface area contributed by atoms with Crippen LogP contribution in [0.4, 0.5) is 0 Å². The summed E-state index contributed by atoms with van der Waals surface area (Å²) in [5.74, 6) is -0.434. The molecule has 0 saturated heterocycles. The Hall–Kier alpha value is -0.870. The number of carbonyl (C=O) groups excluding carboxylic acids is 1. The first-order valence-corrected chi connectivity index (χ1v) is 4.18. The third kappa shape index (κ3) is 4.05. The molecule has 13 heavy (non-hydrogen) atoms. The van der Waals surface area contributed by atoms with E-state index in [1.165, 1.54) is 0 Å². The van der Waals surface area contributed by atoms with Gasteiger partial charge in [0.15, 0.2) is 0 Å². The van der Waals surface area contributed by atoms with Gasteiger partial charge in [0.2, 0.25) is 0 Å². The van der Waals surface area contributed by atoms with Gasteiger partial charge in [-0.1, -0.05) is 6.58 Å². The number of esters is 1. The van der Waals surface area contributed by atoms with Crippen LogP contribution < -0.4 is 5.73 Å². The summed E-state index contributed by atoms with van der Waals surface area (Å²) in [6, 6.07) is -0.0359. The smallest absolute Gasteiger partial charge is 0.336 e. The van der Waals surface area contributed by atoms with Crippen LogP contribution in [0.2, 0.25) is 0 Å². The first kappa shape index (κ1) is 12.1. The maximum Gasteiger partial charge on any atom is 0.336 e. The van der Waals surface area contributed by atoms with Crippen molar-refractivity contribution in [3.63, 3.8) is 0 Å². The van der Waals surface area contributed by atoms with Crippen LogP contribution in [0.5, 0.6) is 0 Å². The lowest BCUT2D eigenvalue weighted by Crippen LogP contribution is -2.33. The van der Waals surface area contributed by atoms with Crippen LogP contribution in [0.15, 0.2) is 12.2 Å². The van der Waals surface area contributed by atoms with Crippen LogP contribution in [0.25, 0.3) is 0 Å². The minimum atomic E-state index is -0.585. The Balaban J connectivity index is 4.18. The third-order valence-corrected chi connectivity index (χ3v) is 1.83. The van der Waals surface area contributed by atoms with E-state index < -0.39 is 12.2 Å². The molecule has 0 spiro atoms. The average Bonchev–Trinajstić information content (AvgIpc) is 2.00. The quantitative estimate of drug-likeness (QED) is 0.391. The van der Waals surface area contributed by atoms with Crippen LogP contribution in [-0.2, 0) is 9.53 Å². The van der Waals surface area contributed by atoms with Gasteiger partial charge in [-0.3, -0.25) is 5.73 Å². The zero-order valence-electron chi connectivity index (χ0n) is 8.70. The molecule has 0 aromatic rings. The van der Waals surface area contributed by atoms with Gasteiger partial charge in [-0.15, -0.1) is 0 Å². The Morgan fingerprint density at radius 1 is 1.46 bits per heavy atom. The first-order chi connectivity index (χ1) is 5.86. The minimum Gasteiger partial charge on any atom is -0.444 e. The summed E-state index contributed by atoms with van der Waals surface area (Å²) < 4.78 is 4.80. The SMILES string of the molecule is C=C(C(=O)OC(C)N)C(C)N(C)C. The third-order valence-electron chi connectivity index (χ3n) is 1.83. The second kappa shape index (κ2) is 4.99. The van der Waals surface area contributed by atoms with Gasteiger partial charge >= 0.3 is 5.97 Å². The highest BCUT2D eigenvalue weighted by atomic mass is 16.6. The van der Waals surface area contributed by atoms with Crippen molar-refractivity contribution in [3.05, 3.63) is 12.2 Å². The highest BCUT2D eigenvalue weighted by Gasteiger charge is 2.18. The maximum atomic E-state index is 11.3. The number of hydrogen-bond acceptors (Lipinski definition) is 4. The monoisotopic (exact) mass is 186 g/mol. The van der Waals surface area contributed by atoms with E-state index in [9.17, 15) is 4.79 Å². The second-order valence-electron chi connectivity index (χ2n) is 3.28. The van der Waals surface area contributed by atoms with E-state index >= 15 is 0 Å². The molecule has 0 bridgehead atoms. The summed E-state index contributed by atoms with van der Waals surface area (Å²) in [7, 11) is 3.74. The van der Waals surface area contributed by atoms with E-state index in [-0.39, 0.29) is 6.04 Å². The van der Waals surface area contributed by atoms with Gasteiger partial charge < -0.3 is 9.64 Å². The van der Waals surface area contributed by atoms with Crippen molar-refractivity contribution in [2.75, 3.05) is 14.1 Å². The first-order valence-electron chi connectivity index (χ1n) is 4.18. The molecule has 4 heteroatoms. The topological polar surface area (TPSA) is 55.6 Å². The molecule has 0 fully saturated rings. The van der Waals surface area contributed by atoms with Gasteiger partial charge in [0.05, 0.1) is 0 Å². The molecule has 4 nitrogen and oxygen atoms in total. The zero-order chi connectivity index (χ0) is 10.6. The molecule has 76 valence electrons. The minimum absolute atomic E-state index is 0.0359. The van der Waals surface area contributed by atoms with Crippen molar-refractivity contribution < 1.29 is 9.53 Å². The molecule has 0 aromatic heterocycles. The van der Waals surface area contributed by atoms with Gasteiger partial charge in [-0.25, -0.2) is 4.79 Å². The molecule has 0 radical (unpaired) electrons. The Bertz CT molecular complexity index is 200. The van der Waals surface area contributed by atoms with Crippen molar-refractivity contribution in [1.82, 2.24) is 4.90 Å². The Morgan fingerprint density at radius 3 is 2.23 bits per heavy atom. The molecule has 0 aliphatic heterocycles. The lowest BCUT2D eigenvalue weighted by atomic mass is 10.1. The van der Waals surface area contributed by atoms with E-state index in [2.05, 4.69) is 6.58 Å². The van der Waals surface area contributed by atoms with Crippen LogP contribution >= 0.6 is 0 Å². The van der Waals surface area contributed by atoms with Gasteiger partial charge in [0, 0.05) is 11.6 Å². The summed E-state index contributed by atoms with van der Waals surface area (Å²) in [5.41, 5.74) is 5.73. The largest absolute Gasteiger partial charge is 0.444 e. The normalized spacial score (nSPS) is 15.2. The predicted molar refractivity (Wildman–Crippen MR) is 52.0 cm³/mol. The van der Waals surface area contributed by atoms with Gasteiger partial charge in [-0.05, 0) is 27.9 Å². The summed E-state index contributed by atoms with van der Waals surface area (Å²) >= 11 is 0. The number of nitrogens with zero attached hydrogens (tertiary/aromatic N) is 1. The summed E-state index contributed by atoms with van der Waals surface area (Å²) in [6.45, 7) is 7.14. The number of carbonyl (C=O) groups is 1. The molecular weight excluding hydrogens is 168 g/mol. The van der Waals surface area contributed by atoms with E-state index in [0.29, 0.717) is 5.57 Å². The van der Waals surface area contributed by atoms with Crippen molar-refractivity contribution >= 4 is 5.97 Å². The molecule has 2 atom stereocenters. The Morgan fingerprint density at radius 2 is 1.92 bits per heavy atom. The molecule has 2 N–H and O–H groups in total. The predicted octanol–water partition coefficient (Wildman–Crippen LogP) is 0.341. The molecule has 0 amide bonds. The van der Waals surface area contributed by atoms with E-state index in [0.717, 1.165) is 0 Å². The van der Waals surface area contributed by atoms with Crippen LogP contribution in [-0.4, -0.2) is 37.2 Å².